The van der Waals surface area contributed by atoms with Gasteiger partial charge in [0.1, 0.15) is 6.10 Å². The van der Waals surface area contributed by atoms with Crippen molar-refractivity contribution in [2.24, 2.45) is 17.6 Å². The molecule has 0 spiro atoms. The van der Waals surface area contributed by atoms with Gasteiger partial charge in [-0.15, -0.1) is 0 Å². The van der Waals surface area contributed by atoms with Crippen LogP contribution in [0.1, 0.15) is 37.6 Å². The topological polar surface area (TPSA) is 74.2 Å². The van der Waals surface area contributed by atoms with Crippen molar-refractivity contribution in [1.29, 1.82) is 0 Å². The van der Waals surface area contributed by atoms with Crippen molar-refractivity contribution >= 4 is 0 Å². The Morgan fingerprint density at radius 3 is 2.88 bits per heavy atom. The molecule has 1 saturated carbocycles. The van der Waals surface area contributed by atoms with Crippen molar-refractivity contribution in [3.05, 3.63) is 11.7 Å². The van der Waals surface area contributed by atoms with E-state index >= 15 is 0 Å². The second-order valence-corrected chi connectivity index (χ2v) is 4.59. The predicted molar refractivity (Wildman–Crippen MR) is 58.7 cm³/mol. The lowest BCUT2D eigenvalue weighted by Gasteiger charge is -2.08. The van der Waals surface area contributed by atoms with Crippen LogP contribution in [0.15, 0.2) is 4.52 Å². The summed E-state index contributed by atoms with van der Waals surface area (Å²) in [4.78, 5) is 4.37. The Morgan fingerprint density at radius 2 is 2.31 bits per heavy atom. The third-order valence-corrected chi connectivity index (χ3v) is 2.97. The average molecular weight is 225 g/mol. The second kappa shape index (κ2) is 4.93. The van der Waals surface area contributed by atoms with Crippen molar-refractivity contribution < 1.29 is 9.26 Å². The molecule has 0 saturated heterocycles. The Kier molecular flexibility index (Phi) is 3.56. The molecule has 0 bridgehead atoms. The molecule has 16 heavy (non-hydrogen) atoms. The van der Waals surface area contributed by atoms with Crippen LogP contribution in [0.3, 0.4) is 0 Å². The SMILES string of the molecule is COC(c1noc(CC(C)CN)n1)C1CC1. The average Bonchev–Trinajstić information content (AvgIpc) is 3.01. The number of nitrogens with two attached hydrogens (primary N) is 1. The molecule has 1 fully saturated rings. The lowest BCUT2D eigenvalue weighted by Crippen LogP contribution is -2.13. The maximum atomic E-state index is 5.56. The van der Waals surface area contributed by atoms with E-state index in [1.165, 1.54) is 12.8 Å². The quantitative estimate of drug-likeness (QED) is 0.790. The molecule has 2 rings (SSSR count). The summed E-state index contributed by atoms with van der Waals surface area (Å²) in [6.07, 6.45) is 3.14. The second-order valence-electron chi connectivity index (χ2n) is 4.59. The summed E-state index contributed by atoms with van der Waals surface area (Å²) in [5.41, 5.74) is 5.56. The zero-order valence-electron chi connectivity index (χ0n) is 9.85. The highest BCUT2D eigenvalue weighted by Gasteiger charge is 2.35. The van der Waals surface area contributed by atoms with Crippen LogP contribution in [-0.4, -0.2) is 23.8 Å². The monoisotopic (exact) mass is 225 g/mol. The largest absolute Gasteiger partial charge is 0.373 e. The Morgan fingerprint density at radius 1 is 1.56 bits per heavy atom. The van der Waals surface area contributed by atoms with Crippen LogP contribution in [0.4, 0.5) is 0 Å². The Hall–Kier alpha value is -0.940. The van der Waals surface area contributed by atoms with Crippen LogP contribution >= 0.6 is 0 Å². The highest BCUT2D eigenvalue weighted by atomic mass is 16.5. The number of nitrogens with zero attached hydrogens (tertiary/aromatic N) is 2. The highest BCUT2D eigenvalue weighted by Crippen LogP contribution is 2.41. The molecule has 0 radical (unpaired) electrons. The van der Waals surface area contributed by atoms with E-state index in [9.17, 15) is 0 Å². The molecular formula is C11H19N3O2. The fourth-order valence-corrected chi connectivity index (χ4v) is 1.76. The summed E-state index contributed by atoms with van der Waals surface area (Å²) in [5, 5.41) is 3.98. The Labute approximate surface area is 95.3 Å². The van der Waals surface area contributed by atoms with Crippen LogP contribution in [0.25, 0.3) is 0 Å². The van der Waals surface area contributed by atoms with E-state index in [0.29, 0.717) is 30.1 Å². The van der Waals surface area contributed by atoms with E-state index in [4.69, 9.17) is 15.0 Å². The summed E-state index contributed by atoms with van der Waals surface area (Å²) in [6.45, 7) is 2.70. The molecular weight excluding hydrogens is 206 g/mol. The van der Waals surface area contributed by atoms with Crippen molar-refractivity contribution in [1.82, 2.24) is 10.1 Å². The van der Waals surface area contributed by atoms with E-state index < -0.39 is 0 Å². The molecule has 2 unspecified atom stereocenters. The zero-order valence-corrected chi connectivity index (χ0v) is 9.85. The zero-order chi connectivity index (χ0) is 11.5. The molecule has 2 atom stereocenters. The minimum Gasteiger partial charge on any atom is -0.373 e. The van der Waals surface area contributed by atoms with Crippen LogP contribution < -0.4 is 5.73 Å². The summed E-state index contributed by atoms with van der Waals surface area (Å²) in [5.74, 6) is 2.29. The fraction of sp³-hybridized carbons (Fsp3) is 0.818. The number of hydrogen-bond acceptors (Lipinski definition) is 5. The Bertz CT molecular complexity index is 336. The first kappa shape index (κ1) is 11.5. The van der Waals surface area contributed by atoms with E-state index in [2.05, 4.69) is 17.1 Å². The van der Waals surface area contributed by atoms with Gasteiger partial charge in [-0.1, -0.05) is 12.1 Å². The first-order valence-corrected chi connectivity index (χ1v) is 5.80. The standard InChI is InChI=1S/C11H19N3O2/c1-7(6-12)5-9-13-11(14-16-9)10(15-2)8-3-4-8/h7-8,10H,3-6,12H2,1-2H3. The molecule has 5 heteroatoms. The molecule has 1 aromatic rings. The van der Waals surface area contributed by atoms with E-state index in [1.54, 1.807) is 7.11 Å². The first-order valence-electron chi connectivity index (χ1n) is 5.80. The molecule has 90 valence electrons. The maximum absolute atomic E-state index is 5.56. The number of aromatic nitrogens is 2. The van der Waals surface area contributed by atoms with Crippen LogP contribution in [0, 0.1) is 11.8 Å². The summed E-state index contributed by atoms with van der Waals surface area (Å²) in [6, 6.07) is 0. The fourth-order valence-electron chi connectivity index (χ4n) is 1.76. The number of ether oxygens (including phenoxy) is 1. The van der Waals surface area contributed by atoms with Gasteiger partial charge in [-0.05, 0) is 31.2 Å². The third kappa shape index (κ3) is 2.59. The van der Waals surface area contributed by atoms with E-state index in [0.717, 1.165) is 6.42 Å². The van der Waals surface area contributed by atoms with Crippen molar-refractivity contribution in [3.8, 4) is 0 Å². The van der Waals surface area contributed by atoms with E-state index in [-0.39, 0.29) is 6.10 Å². The van der Waals surface area contributed by atoms with Crippen molar-refractivity contribution in [2.75, 3.05) is 13.7 Å². The third-order valence-electron chi connectivity index (χ3n) is 2.97. The van der Waals surface area contributed by atoms with Crippen LogP contribution in [0.2, 0.25) is 0 Å². The highest BCUT2D eigenvalue weighted by molar-refractivity contribution is 4.98. The van der Waals surface area contributed by atoms with Gasteiger partial charge in [-0.2, -0.15) is 4.98 Å². The minimum absolute atomic E-state index is 0.00526. The molecule has 0 amide bonds. The van der Waals surface area contributed by atoms with Gasteiger partial charge in [0, 0.05) is 13.5 Å². The maximum Gasteiger partial charge on any atom is 0.227 e. The summed E-state index contributed by atoms with van der Waals surface area (Å²) in [7, 11) is 1.70. The molecule has 0 aromatic carbocycles. The molecule has 1 aliphatic carbocycles. The lowest BCUT2D eigenvalue weighted by atomic mass is 10.1. The number of hydrogen-bond donors (Lipinski definition) is 1. The smallest absolute Gasteiger partial charge is 0.227 e. The normalized spacial score (nSPS) is 19.7. The minimum atomic E-state index is 0.00526. The summed E-state index contributed by atoms with van der Waals surface area (Å²) >= 11 is 0. The van der Waals surface area contributed by atoms with Gasteiger partial charge in [-0.3, -0.25) is 0 Å². The van der Waals surface area contributed by atoms with Gasteiger partial charge >= 0.3 is 0 Å². The molecule has 5 nitrogen and oxygen atoms in total. The van der Waals surface area contributed by atoms with Gasteiger partial charge < -0.3 is 15.0 Å². The van der Waals surface area contributed by atoms with Gasteiger partial charge in [0.05, 0.1) is 0 Å². The van der Waals surface area contributed by atoms with Gasteiger partial charge in [0.2, 0.25) is 11.7 Å². The van der Waals surface area contributed by atoms with Gasteiger partial charge in [0.25, 0.3) is 0 Å². The van der Waals surface area contributed by atoms with Crippen molar-refractivity contribution in [3.63, 3.8) is 0 Å². The van der Waals surface area contributed by atoms with Gasteiger partial charge in [-0.25, -0.2) is 0 Å². The number of methoxy groups -OCH3 is 1. The lowest BCUT2D eigenvalue weighted by molar-refractivity contribution is 0.0751. The van der Waals surface area contributed by atoms with Crippen LogP contribution in [-0.2, 0) is 11.2 Å². The summed E-state index contributed by atoms with van der Waals surface area (Å²) < 4.78 is 10.6. The molecule has 1 aliphatic rings. The molecule has 0 aliphatic heterocycles. The Balaban J connectivity index is 2.00. The van der Waals surface area contributed by atoms with Crippen molar-refractivity contribution in [2.45, 2.75) is 32.3 Å². The van der Waals surface area contributed by atoms with E-state index in [1.807, 2.05) is 0 Å². The van der Waals surface area contributed by atoms with Gasteiger partial charge in [0.15, 0.2) is 0 Å². The molecule has 1 aromatic heterocycles. The molecule has 2 N–H and O–H groups in total. The van der Waals surface area contributed by atoms with Crippen LogP contribution in [0.5, 0.6) is 0 Å². The first-order chi connectivity index (χ1) is 7.74. The predicted octanol–water partition coefficient (Wildman–Crippen LogP) is 1.30. The molecule has 1 heterocycles. The number of rotatable bonds is 6.